The lowest BCUT2D eigenvalue weighted by molar-refractivity contribution is -0.128. The number of hydrogen-bond acceptors (Lipinski definition) is 12. The molecule has 5 amide bonds. The second kappa shape index (κ2) is 14.6. The molecule has 7 rings (SSSR count). The summed E-state index contributed by atoms with van der Waals surface area (Å²) in [5, 5.41) is 42.4. The zero-order chi connectivity index (χ0) is 35.8. The highest BCUT2D eigenvalue weighted by atomic mass is 16.3. The van der Waals surface area contributed by atoms with Gasteiger partial charge in [-0.2, -0.15) is 9.97 Å². The number of nitrogens with one attached hydrogen (secondary N) is 3. The van der Waals surface area contributed by atoms with Crippen molar-refractivity contribution in [2.75, 3.05) is 63.1 Å². The van der Waals surface area contributed by atoms with Crippen LogP contribution in [0.1, 0.15) is 37.8 Å². The van der Waals surface area contributed by atoms with Crippen molar-refractivity contribution in [3.8, 4) is 0 Å². The molecule has 3 aliphatic heterocycles. The van der Waals surface area contributed by atoms with Crippen LogP contribution >= 0.6 is 0 Å². The Morgan fingerprint density at radius 1 is 1.00 bits per heavy atom. The van der Waals surface area contributed by atoms with Crippen molar-refractivity contribution < 1.29 is 29.7 Å². The smallest absolute Gasteiger partial charge is 0.327 e. The highest BCUT2D eigenvalue weighted by molar-refractivity contribution is 6.02. The summed E-state index contributed by atoms with van der Waals surface area (Å²) in [6, 6.07) is 6.96. The van der Waals surface area contributed by atoms with E-state index in [-0.39, 0.29) is 37.7 Å². The Balaban J connectivity index is 1.16. The van der Waals surface area contributed by atoms with Crippen LogP contribution in [0, 0.1) is 0 Å². The molecule has 3 saturated heterocycles. The summed E-state index contributed by atoms with van der Waals surface area (Å²) in [7, 11) is 2.04. The molecule has 51 heavy (non-hydrogen) atoms. The van der Waals surface area contributed by atoms with E-state index in [4.69, 9.17) is 9.97 Å². The molecule has 4 fully saturated rings. The quantitative estimate of drug-likeness (QED) is 0.143. The summed E-state index contributed by atoms with van der Waals surface area (Å²) >= 11 is 0. The lowest BCUT2D eigenvalue weighted by Gasteiger charge is -2.25. The van der Waals surface area contributed by atoms with Gasteiger partial charge >= 0.3 is 12.1 Å². The van der Waals surface area contributed by atoms with Gasteiger partial charge in [-0.1, -0.05) is 30.3 Å². The Bertz CT molecular complexity index is 1740. The number of amides is 5. The number of rotatable bonds is 11. The molecule has 274 valence electrons. The Labute approximate surface area is 295 Å². The summed E-state index contributed by atoms with van der Waals surface area (Å²) in [5.41, 5.74) is 1.80. The Morgan fingerprint density at radius 2 is 1.73 bits per heavy atom. The first kappa shape index (κ1) is 34.9. The molecule has 0 unspecified atom stereocenters. The lowest BCUT2D eigenvalue weighted by Crippen LogP contribution is -2.47. The van der Waals surface area contributed by atoms with E-state index in [2.05, 4.69) is 25.8 Å². The maximum Gasteiger partial charge on any atom is 0.327 e. The van der Waals surface area contributed by atoms with Gasteiger partial charge in [0.15, 0.2) is 17.0 Å². The number of aliphatic hydroxyl groups is 3. The number of carbonyl (C=O) groups is 3. The second-order valence-corrected chi connectivity index (χ2v) is 14.1. The summed E-state index contributed by atoms with van der Waals surface area (Å²) in [6.07, 6.45) is 1.03. The molecule has 2 aromatic heterocycles. The standard InChI is InChI=1S/C34H47N11O6/c1-3-42-17-26(47)45(34(42)51)25-14-24(28(48)29(25)49)44-19-35-27-30(36-23(18-46)13-20-7-5-4-6-8-20)39-32(40-31(27)44)43-12-10-22(16-43)38-33(50)37-21-9-11-41(2)15-21/h4-8,19,21-25,28-29,46,48-49H,3,9-18H2,1-2H3,(H,36,39,40)(H2,37,38,50)/t21-,22-,23+,24-,25+,28+,29-/m1/s1. The van der Waals surface area contributed by atoms with Crippen LogP contribution < -0.4 is 20.9 Å². The average molecular weight is 706 g/mol. The fraction of sp³-hybridized carbons (Fsp3) is 0.588. The van der Waals surface area contributed by atoms with Crippen LogP contribution in [0.2, 0.25) is 0 Å². The van der Waals surface area contributed by atoms with Gasteiger partial charge in [-0.25, -0.2) is 14.6 Å². The average Bonchev–Trinajstić information content (AvgIpc) is 3.95. The van der Waals surface area contributed by atoms with Crippen molar-refractivity contribution >= 4 is 40.9 Å². The molecular formula is C34H47N11O6. The van der Waals surface area contributed by atoms with Crippen molar-refractivity contribution in [3.05, 3.63) is 42.2 Å². The molecule has 1 aliphatic carbocycles. The summed E-state index contributed by atoms with van der Waals surface area (Å²) < 4.78 is 1.67. The molecule has 17 heteroatoms. The van der Waals surface area contributed by atoms with Gasteiger partial charge < -0.3 is 50.5 Å². The molecule has 1 aromatic carbocycles. The van der Waals surface area contributed by atoms with Crippen molar-refractivity contribution in [2.45, 2.75) is 75.0 Å². The third kappa shape index (κ3) is 7.02. The molecule has 7 atom stereocenters. The number of urea groups is 2. The Hall–Kier alpha value is -4.58. The number of carbonyl (C=O) groups excluding carboxylic acids is 3. The van der Waals surface area contributed by atoms with Gasteiger partial charge in [0.25, 0.3) is 5.91 Å². The van der Waals surface area contributed by atoms with Crippen LogP contribution in [0.25, 0.3) is 11.2 Å². The van der Waals surface area contributed by atoms with Gasteiger partial charge in [0.05, 0.1) is 31.1 Å². The fourth-order valence-electron chi connectivity index (χ4n) is 7.83. The number of anilines is 2. The fourth-order valence-corrected chi connectivity index (χ4v) is 7.83. The maximum atomic E-state index is 13.0. The van der Waals surface area contributed by atoms with E-state index in [0.717, 1.165) is 30.0 Å². The third-order valence-corrected chi connectivity index (χ3v) is 10.6. The first-order chi connectivity index (χ1) is 24.6. The van der Waals surface area contributed by atoms with Gasteiger partial charge in [0.2, 0.25) is 5.95 Å². The summed E-state index contributed by atoms with van der Waals surface area (Å²) in [6.45, 7) is 4.68. The molecule has 17 nitrogen and oxygen atoms in total. The zero-order valence-electron chi connectivity index (χ0n) is 28.9. The molecule has 1 saturated carbocycles. The van der Waals surface area contributed by atoms with Crippen LogP contribution in [-0.2, 0) is 11.2 Å². The topological polar surface area (TPSA) is 205 Å². The third-order valence-electron chi connectivity index (χ3n) is 10.6. The predicted molar refractivity (Wildman–Crippen MR) is 187 cm³/mol. The number of fused-ring (bicyclic) bond motifs is 1. The Kier molecular flexibility index (Phi) is 9.96. The van der Waals surface area contributed by atoms with Gasteiger partial charge in [-0.3, -0.25) is 9.69 Å². The Morgan fingerprint density at radius 3 is 2.41 bits per heavy atom. The monoisotopic (exact) mass is 705 g/mol. The molecule has 0 bridgehead atoms. The van der Waals surface area contributed by atoms with E-state index in [9.17, 15) is 29.7 Å². The number of imidazole rings is 1. The number of aliphatic hydroxyl groups excluding tert-OH is 3. The highest BCUT2D eigenvalue weighted by Crippen LogP contribution is 2.38. The minimum atomic E-state index is -1.37. The van der Waals surface area contributed by atoms with E-state index >= 15 is 0 Å². The van der Waals surface area contributed by atoms with Crippen molar-refractivity contribution in [1.82, 2.24) is 44.9 Å². The molecule has 3 aromatic rings. The zero-order valence-corrected chi connectivity index (χ0v) is 28.9. The van der Waals surface area contributed by atoms with Crippen LogP contribution in [0.3, 0.4) is 0 Å². The van der Waals surface area contributed by atoms with Crippen molar-refractivity contribution in [2.24, 2.45) is 0 Å². The first-order valence-corrected chi connectivity index (χ1v) is 17.8. The SMILES string of the molecule is CCN1CC(=O)N([C@H]2C[C@@H](n3cnc4c(N[C@H](CO)Cc5ccccc5)nc(N5CC[C@@H](NC(=O)N[C@@H]6CCN(C)C6)C5)nc43)[C@H](O)[C@@H]2O)C1=O. The van der Waals surface area contributed by atoms with Crippen LogP contribution in [0.4, 0.5) is 21.4 Å². The second-order valence-electron chi connectivity index (χ2n) is 14.1. The van der Waals surface area contributed by atoms with E-state index in [1.165, 1.54) is 11.2 Å². The number of hydrogen-bond donors (Lipinski definition) is 6. The van der Waals surface area contributed by atoms with Crippen molar-refractivity contribution in [3.63, 3.8) is 0 Å². The van der Waals surface area contributed by atoms with Crippen LogP contribution in [0.5, 0.6) is 0 Å². The maximum absolute atomic E-state index is 13.0. The molecular weight excluding hydrogens is 658 g/mol. The normalized spacial score (nSPS) is 27.6. The van der Waals surface area contributed by atoms with E-state index in [1.54, 1.807) is 11.5 Å². The highest BCUT2D eigenvalue weighted by Gasteiger charge is 2.51. The van der Waals surface area contributed by atoms with E-state index in [0.29, 0.717) is 55.4 Å². The number of likely N-dealkylation sites (N-methyl/N-ethyl adjacent to an activating group) is 2. The van der Waals surface area contributed by atoms with E-state index in [1.807, 2.05) is 42.3 Å². The summed E-state index contributed by atoms with van der Waals surface area (Å²) in [4.78, 5) is 59.7. The van der Waals surface area contributed by atoms with Gasteiger partial charge in [-0.15, -0.1) is 0 Å². The van der Waals surface area contributed by atoms with Crippen LogP contribution in [-0.4, -0.2) is 157 Å². The number of benzene rings is 1. The number of nitrogens with zero attached hydrogens (tertiary/aromatic N) is 8. The number of imide groups is 1. The number of likely N-dealkylation sites (tertiary alicyclic amines) is 1. The van der Waals surface area contributed by atoms with Crippen LogP contribution in [0.15, 0.2) is 36.7 Å². The molecule has 0 radical (unpaired) electrons. The van der Waals surface area contributed by atoms with E-state index < -0.39 is 42.3 Å². The first-order valence-electron chi connectivity index (χ1n) is 17.8. The lowest BCUT2D eigenvalue weighted by atomic mass is 10.1. The molecule has 4 aliphatic rings. The summed E-state index contributed by atoms with van der Waals surface area (Å²) in [5.74, 6) is 0.343. The predicted octanol–water partition coefficient (Wildman–Crippen LogP) is -0.257. The molecule has 6 N–H and O–H groups in total. The van der Waals surface area contributed by atoms with Gasteiger partial charge in [-0.05, 0) is 51.8 Å². The minimum Gasteiger partial charge on any atom is -0.394 e. The number of aromatic nitrogens is 4. The molecule has 5 heterocycles. The largest absolute Gasteiger partial charge is 0.394 e. The van der Waals surface area contributed by atoms with Gasteiger partial charge in [0.1, 0.15) is 18.8 Å². The van der Waals surface area contributed by atoms with Gasteiger partial charge in [0, 0.05) is 38.3 Å². The minimum absolute atomic E-state index is 0.0702. The van der Waals surface area contributed by atoms with Crippen molar-refractivity contribution in [1.29, 1.82) is 0 Å². The molecule has 0 spiro atoms.